The molecule has 0 radical (unpaired) electrons. The van der Waals surface area contributed by atoms with Gasteiger partial charge in [-0.25, -0.2) is 0 Å². The molecule has 0 unspecified atom stereocenters. The van der Waals surface area contributed by atoms with Gasteiger partial charge in [0.05, 0.1) is 0 Å². The van der Waals surface area contributed by atoms with E-state index < -0.39 is 24.0 Å². The minimum atomic E-state index is -0.886. The molecule has 18 heavy (non-hydrogen) atoms. The number of nitrogens with one attached hydrogen (secondary N) is 2. The van der Waals surface area contributed by atoms with Crippen molar-refractivity contribution < 1.29 is 19.8 Å². The summed E-state index contributed by atoms with van der Waals surface area (Å²) in [6.07, 6.45) is 0. The maximum atomic E-state index is 10.9. The Morgan fingerprint density at radius 2 is 1.11 bits per heavy atom. The first-order chi connectivity index (χ1) is 8.27. The first-order valence-electron chi connectivity index (χ1n) is 6.19. The molecule has 0 spiro atoms. The third-order valence-electron chi connectivity index (χ3n) is 2.72. The second-order valence-electron chi connectivity index (χ2n) is 5.03. The lowest BCUT2D eigenvalue weighted by Crippen LogP contribution is -2.47. The Labute approximate surface area is 108 Å². The zero-order chi connectivity index (χ0) is 14.3. The van der Waals surface area contributed by atoms with Crippen molar-refractivity contribution in [2.45, 2.75) is 39.8 Å². The number of hydrogen-bond acceptors (Lipinski definition) is 4. The van der Waals surface area contributed by atoms with Gasteiger partial charge in [-0.1, -0.05) is 27.7 Å². The zero-order valence-electron chi connectivity index (χ0n) is 11.4. The minimum Gasteiger partial charge on any atom is -0.480 e. The number of hydrogen-bond donors (Lipinski definition) is 4. The van der Waals surface area contributed by atoms with Gasteiger partial charge in [0.1, 0.15) is 12.1 Å². The van der Waals surface area contributed by atoms with E-state index in [2.05, 4.69) is 10.6 Å². The maximum absolute atomic E-state index is 10.9. The van der Waals surface area contributed by atoms with Gasteiger partial charge in [0, 0.05) is 13.1 Å². The second-order valence-corrected chi connectivity index (χ2v) is 5.03. The molecule has 0 bridgehead atoms. The van der Waals surface area contributed by atoms with E-state index in [4.69, 9.17) is 10.2 Å². The van der Waals surface area contributed by atoms with Gasteiger partial charge in [-0.05, 0) is 11.8 Å². The van der Waals surface area contributed by atoms with Crippen LogP contribution in [0.3, 0.4) is 0 Å². The summed E-state index contributed by atoms with van der Waals surface area (Å²) >= 11 is 0. The van der Waals surface area contributed by atoms with Crippen LogP contribution in [0.1, 0.15) is 27.7 Å². The second kappa shape index (κ2) is 8.05. The molecule has 0 fully saturated rings. The van der Waals surface area contributed by atoms with Crippen molar-refractivity contribution in [2.75, 3.05) is 13.1 Å². The summed E-state index contributed by atoms with van der Waals surface area (Å²) in [6.45, 7) is 8.15. The minimum absolute atomic E-state index is 0.0112. The van der Waals surface area contributed by atoms with Crippen molar-refractivity contribution in [3.63, 3.8) is 0 Å². The predicted octanol–water partition coefficient (Wildman–Crippen LogP) is 0.384. The molecule has 0 aromatic rings. The van der Waals surface area contributed by atoms with E-state index in [0.29, 0.717) is 13.1 Å². The Morgan fingerprint density at radius 1 is 0.833 bits per heavy atom. The van der Waals surface area contributed by atoms with Crippen molar-refractivity contribution in [2.24, 2.45) is 11.8 Å². The van der Waals surface area contributed by atoms with Gasteiger partial charge in [-0.3, -0.25) is 9.59 Å². The standard InChI is InChI=1S/C12H24N2O4/c1-7(2)9(11(15)16)13-5-6-14-10(8(3)4)12(17)18/h7-10,13-14H,5-6H2,1-4H3,(H,15,16)(H,17,18)/t9-,10-/m1/s1. The van der Waals surface area contributed by atoms with Crippen molar-refractivity contribution in [3.8, 4) is 0 Å². The number of carbonyl (C=O) groups is 2. The summed E-state index contributed by atoms with van der Waals surface area (Å²) in [5, 5.41) is 23.7. The highest BCUT2D eigenvalue weighted by Crippen LogP contribution is 2.02. The molecule has 6 nitrogen and oxygen atoms in total. The zero-order valence-corrected chi connectivity index (χ0v) is 11.4. The van der Waals surface area contributed by atoms with Crippen LogP contribution in [-0.2, 0) is 9.59 Å². The normalized spacial score (nSPS) is 14.8. The van der Waals surface area contributed by atoms with Gasteiger partial charge >= 0.3 is 11.9 Å². The molecule has 0 saturated heterocycles. The van der Waals surface area contributed by atoms with Gasteiger partial charge < -0.3 is 20.8 Å². The Kier molecular flexibility index (Phi) is 7.54. The molecule has 0 rings (SSSR count). The average molecular weight is 260 g/mol. The molecular weight excluding hydrogens is 236 g/mol. The average Bonchev–Trinajstić information content (AvgIpc) is 2.20. The molecule has 0 aliphatic heterocycles. The quantitative estimate of drug-likeness (QED) is 0.447. The Hall–Kier alpha value is -1.14. The molecule has 0 aliphatic carbocycles. The van der Waals surface area contributed by atoms with Gasteiger partial charge in [0.15, 0.2) is 0 Å². The van der Waals surface area contributed by atoms with Gasteiger partial charge in [0.25, 0.3) is 0 Å². The first-order valence-corrected chi connectivity index (χ1v) is 6.19. The third-order valence-corrected chi connectivity index (χ3v) is 2.72. The fraction of sp³-hybridized carbons (Fsp3) is 0.833. The van der Waals surface area contributed by atoms with Crippen molar-refractivity contribution in [1.82, 2.24) is 10.6 Å². The smallest absolute Gasteiger partial charge is 0.320 e. The van der Waals surface area contributed by atoms with Gasteiger partial charge in [-0.15, -0.1) is 0 Å². The summed E-state index contributed by atoms with van der Waals surface area (Å²) < 4.78 is 0. The number of aliphatic carboxylic acids is 2. The molecule has 106 valence electrons. The molecule has 4 N–H and O–H groups in total. The molecule has 0 amide bonds. The molecule has 0 aliphatic rings. The Balaban J connectivity index is 4.04. The molecule has 0 heterocycles. The van der Waals surface area contributed by atoms with Crippen molar-refractivity contribution in [3.05, 3.63) is 0 Å². The van der Waals surface area contributed by atoms with E-state index in [9.17, 15) is 9.59 Å². The van der Waals surface area contributed by atoms with E-state index in [1.165, 1.54) is 0 Å². The highest BCUT2D eigenvalue weighted by Gasteiger charge is 2.22. The predicted molar refractivity (Wildman–Crippen MR) is 68.5 cm³/mol. The fourth-order valence-corrected chi connectivity index (χ4v) is 1.67. The van der Waals surface area contributed by atoms with Crippen LogP contribution in [0.2, 0.25) is 0 Å². The summed E-state index contributed by atoms with van der Waals surface area (Å²) in [5.74, 6) is -1.79. The number of carboxylic acid groups (broad SMARTS) is 2. The van der Waals surface area contributed by atoms with Crippen LogP contribution in [0, 0.1) is 11.8 Å². The largest absolute Gasteiger partial charge is 0.480 e. The Bertz CT molecular complexity index is 251. The van der Waals surface area contributed by atoms with E-state index in [1.54, 1.807) is 0 Å². The van der Waals surface area contributed by atoms with Gasteiger partial charge in [-0.2, -0.15) is 0 Å². The van der Waals surface area contributed by atoms with Crippen LogP contribution in [0.4, 0.5) is 0 Å². The number of rotatable bonds is 9. The monoisotopic (exact) mass is 260 g/mol. The lowest BCUT2D eigenvalue weighted by molar-refractivity contribution is -0.142. The lowest BCUT2D eigenvalue weighted by Gasteiger charge is -2.21. The van der Waals surface area contributed by atoms with Gasteiger partial charge in [0.2, 0.25) is 0 Å². The number of carboxylic acids is 2. The van der Waals surface area contributed by atoms with E-state index in [1.807, 2.05) is 27.7 Å². The summed E-state index contributed by atoms with van der Waals surface area (Å²) in [4.78, 5) is 21.8. The molecule has 6 heteroatoms. The summed E-state index contributed by atoms with van der Waals surface area (Å²) in [5.41, 5.74) is 0. The highest BCUT2D eigenvalue weighted by atomic mass is 16.4. The van der Waals surface area contributed by atoms with E-state index in [0.717, 1.165) is 0 Å². The van der Waals surface area contributed by atoms with E-state index >= 15 is 0 Å². The maximum Gasteiger partial charge on any atom is 0.320 e. The van der Waals surface area contributed by atoms with Crippen LogP contribution in [-0.4, -0.2) is 47.3 Å². The molecule has 0 aromatic heterocycles. The highest BCUT2D eigenvalue weighted by molar-refractivity contribution is 5.74. The summed E-state index contributed by atoms with van der Waals surface area (Å²) in [7, 11) is 0. The summed E-state index contributed by atoms with van der Waals surface area (Å²) in [6, 6.07) is -1.21. The third kappa shape index (κ3) is 5.97. The van der Waals surface area contributed by atoms with Crippen LogP contribution in [0.15, 0.2) is 0 Å². The first kappa shape index (κ1) is 16.9. The van der Waals surface area contributed by atoms with Crippen LogP contribution >= 0.6 is 0 Å². The fourth-order valence-electron chi connectivity index (χ4n) is 1.67. The van der Waals surface area contributed by atoms with Crippen molar-refractivity contribution >= 4 is 11.9 Å². The topological polar surface area (TPSA) is 98.7 Å². The van der Waals surface area contributed by atoms with Crippen molar-refractivity contribution in [1.29, 1.82) is 0 Å². The molecular formula is C12H24N2O4. The Morgan fingerprint density at radius 3 is 1.28 bits per heavy atom. The lowest BCUT2D eigenvalue weighted by atomic mass is 10.0. The molecule has 0 saturated carbocycles. The molecule has 0 aromatic carbocycles. The van der Waals surface area contributed by atoms with Crippen LogP contribution < -0.4 is 10.6 Å². The van der Waals surface area contributed by atoms with E-state index in [-0.39, 0.29) is 11.8 Å². The van der Waals surface area contributed by atoms with Crippen LogP contribution in [0.25, 0.3) is 0 Å². The van der Waals surface area contributed by atoms with Crippen LogP contribution in [0.5, 0.6) is 0 Å². The molecule has 2 atom stereocenters. The SMILES string of the molecule is CC(C)[C@@H](NCCN[C@@H](C(=O)O)C(C)C)C(=O)O.